The zero-order valence-corrected chi connectivity index (χ0v) is 17.8. The summed E-state index contributed by atoms with van der Waals surface area (Å²) in [7, 11) is 1.65. The number of pyridine rings is 1. The second-order valence-electron chi connectivity index (χ2n) is 8.03. The van der Waals surface area contributed by atoms with Crippen molar-refractivity contribution < 1.29 is 18.7 Å². The maximum absolute atomic E-state index is 13.1. The van der Waals surface area contributed by atoms with Crippen LogP contribution in [0.3, 0.4) is 0 Å². The molecule has 0 radical (unpaired) electrons. The van der Waals surface area contributed by atoms with E-state index in [1.807, 2.05) is 26.0 Å². The topological polar surface area (TPSA) is 86.2 Å². The molecule has 0 aromatic carbocycles. The van der Waals surface area contributed by atoms with Crippen molar-refractivity contribution in [2.45, 2.75) is 26.7 Å². The lowest BCUT2D eigenvalue weighted by Crippen LogP contribution is -2.30. The first kappa shape index (κ1) is 21.0. The molecule has 2 aliphatic rings. The van der Waals surface area contributed by atoms with E-state index in [9.17, 15) is 9.18 Å². The van der Waals surface area contributed by atoms with E-state index in [0.717, 1.165) is 17.6 Å². The summed E-state index contributed by atoms with van der Waals surface area (Å²) in [6.45, 7) is 4.05. The maximum Gasteiger partial charge on any atom is 0.229 e. The second kappa shape index (κ2) is 8.45. The number of carbonyl (C=O) groups is 1. The Bertz CT molecular complexity index is 1040. The van der Waals surface area contributed by atoms with Crippen LogP contribution in [0, 0.1) is 36.9 Å². The molecule has 31 heavy (non-hydrogen) atoms. The first-order valence-electron chi connectivity index (χ1n) is 10.2. The van der Waals surface area contributed by atoms with Crippen LogP contribution in [0.2, 0.25) is 0 Å². The Hall–Kier alpha value is -3.29. The Kier molecular flexibility index (Phi) is 5.71. The van der Waals surface area contributed by atoms with E-state index >= 15 is 0 Å². The van der Waals surface area contributed by atoms with Gasteiger partial charge in [0, 0.05) is 17.8 Å². The van der Waals surface area contributed by atoms with Crippen LogP contribution in [-0.2, 0) is 9.53 Å². The highest BCUT2D eigenvalue weighted by Gasteiger charge is 2.62. The number of nitrogens with one attached hydrogen (secondary N) is 1. The van der Waals surface area contributed by atoms with Crippen LogP contribution in [0.4, 0.5) is 10.2 Å². The third-order valence-corrected chi connectivity index (χ3v) is 6.01. The van der Waals surface area contributed by atoms with E-state index < -0.39 is 11.2 Å². The number of nitrogens with zero attached hydrogens (tertiary/aromatic N) is 3. The molecule has 2 aliphatic carbocycles. The average molecular weight is 424 g/mol. The second-order valence-corrected chi connectivity index (χ2v) is 8.03. The molecular weight excluding hydrogens is 399 g/mol. The Morgan fingerprint density at radius 1 is 1.29 bits per heavy atom. The lowest BCUT2D eigenvalue weighted by atomic mass is 9.82. The highest BCUT2D eigenvalue weighted by molar-refractivity contribution is 5.94. The van der Waals surface area contributed by atoms with Crippen LogP contribution in [0.15, 0.2) is 48.5 Å². The largest absolute Gasteiger partial charge is 0.501 e. The SMILES string of the molecule is COC1=CC=CC([C@]2(COc3cnc(C)nc3C)C[C@H]2C(=O)Nc2ccc(F)cn2)C1. The number of amides is 1. The van der Waals surface area contributed by atoms with E-state index in [1.54, 1.807) is 13.3 Å². The van der Waals surface area contributed by atoms with Gasteiger partial charge >= 0.3 is 0 Å². The molecule has 4 rings (SSSR count). The van der Waals surface area contributed by atoms with Gasteiger partial charge in [-0.25, -0.2) is 19.3 Å². The van der Waals surface area contributed by atoms with Crippen LogP contribution in [0.1, 0.15) is 24.4 Å². The summed E-state index contributed by atoms with van der Waals surface area (Å²) in [5.74, 6) is 1.70. The van der Waals surface area contributed by atoms with Gasteiger partial charge in [-0.2, -0.15) is 0 Å². The van der Waals surface area contributed by atoms with Crippen molar-refractivity contribution in [3.05, 3.63) is 65.8 Å². The number of hydrogen-bond acceptors (Lipinski definition) is 6. The van der Waals surface area contributed by atoms with Crippen molar-refractivity contribution in [1.29, 1.82) is 0 Å². The first-order chi connectivity index (χ1) is 14.9. The van der Waals surface area contributed by atoms with Crippen LogP contribution in [0.5, 0.6) is 5.75 Å². The van der Waals surface area contributed by atoms with Crippen molar-refractivity contribution in [2.75, 3.05) is 19.0 Å². The fraction of sp³-hybridized carbons (Fsp3) is 0.391. The monoisotopic (exact) mass is 424 g/mol. The van der Waals surface area contributed by atoms with E-state index in [1.165, 1.54) is 12.1 Å². The Morgan fingerprint density at radius 2 is 2.13 bits per heavy atom. The molecule has 3 atom stereocenters. The minimum Gasteiger partial charge on any atom is -0.501 e. The first-order valence-corrected chi connectivity index (χ1v) is 10.2. The van der Waals surface area contributed by atoms with Crippen LogP contribution in [0.25, 0.3) is 0 Å². The summed E-state index contributed by atoms with van der Waals surface area (Å²) in [4.78, 5) is 25.5. The van der Waals surface area contributed by atoms with Gasteiger partial charge in [0.2, 0.25) is 5.91 Å². The number of methoxy groups -OCH3 is 1. The van der Waals surface area contributed by atoms with Gasteiger partial charge in [-0.3, -0.25) is 4.79 Å². The van der Waals surface area contributed by atoms with Crippen molar-refractivity contribution in [1.82, 2.24) is 15.0 Å². The number of carbonyl (C=O) groups excluding carboxylic acids is 1. The quantitative estimate of drug-likeness (QED) is 0.728. The average Bonchev–Trinajstić information content (AvgIpc) is 3.51. The fourth-order valence-corrected chi connectivity index (χ4v) is 4.14. The smallest absolute Gasteiger partial charge is 0.229 e. The normalized spacial score (nSPS) is 24.3. The molecule has 2 aromatic rings. The predicted octanol–water partition coefficient (Wildman–Crippen LogP) is 3.76. The van der Waals surface area contributed by atoms with Gasteiger partial charge < -0.3 is 14.8 Å². The number of ether oxygens (including phenoxy) is 2. The van der Waals surface area contributed by atoms with Gasteiger partial charge in [0.25, 0.3) is 0 Å². The van der Waals surface area contributed by atoms with Crippen LogP contribution in [-0.4, -0.2) is 34.6 Å². The standard InChI is InChI=1S/C23H25FN4O3/c1-14-20(12-25-15(2)27-14)31-13-23(16-5-4-6-18(9-16)30-3)10-19(23)22(29)28-21-8-7-17(24)11-26-21/h4-8,11-12,16,19H,9-10,13H2,1-3H3,(H,26,28,29)/t16?,19-,23+/m0/s1. The number of rotatable bonds is 7. The molecule has 1 N–H and O–H groups in total. The van der Waals surface area contributed by atoms with Gasteiger partial charge in [0.05, 0.1) is 37.6 Å². The zero-order valence-electron chi connectivity index (χ0n) is 17.8. The maximum atomic E-state index is 13.1. The Labute approximate surface area is 180 Å². The minimum atomic E-state index is -0.450. The zero-order chi connectivity index (χ0) is 22.0. The number of aromatic nitrogens is 3. The van der Waals surface area contributed by atoms with E-state index in [4.69, 9.17) is 9.47 Å². The highest BCUT2D eigenvalue weighted by atomic mass is 19.1. The number of aryl methyl sites for hydroxylation is 2. The minimum absolute atomic E-state index is 0.0797. The number of halogens is 1. The molecule has 0 bridgehead atoms. The van der Waals surface area contributed by atoms with Gasteiger partial charge in [0.15, 0.2) is 5.75 Å². The third kappa shape index (κ3) is 4.42. The molecule has 162 valence electrons. The summed E-state index contributed by atoms with van der Waals surface area (Å²) >= 11 is 0. The summed E-state index contributed by atoms with van der Waals surface area (Å²) in [6.07, 6.45) is 10.1. The van der Waals surface area contributed by atoms with Crippen molar-refractivity contribution >= 4 is 11.7 Å². The number of allylic oxidation sites excluding steroid dienone is 4. The Balaban J connectivity index is 1.52. The molecule has 7 nitrogen and oxygen atoms in total. The lowest BCUT2D eigenvalue weighted by molar-refractivity contribution is -0.118. The summed E-state index contributed by atoms with van der Waals surface area (Å²) in [5, 5.41) is 2.80. The van der Waals surface area contributed by atoms with Crippen molar-refractivity contribution in [3.63, 3.8) is 0 Å². The van der Waals surface area contributed by atoms with Gasteiger partial charge in [-0.1, -0.05) is 12.2 Å². The molecule has 0 spiro atoms. The van der Waals surface area contributed by atoms with Crippen molar-refractivity contribution in [3.8, 4) is 5.75 Å². The summed E-state index contributed by atoms with van der Waals surface area (Å²) < 4.78 is 24.7. The molecule has 1 saturated carbocycles. The van der Waals surface area contributed by atoms with E-state index in [0.29, 0.717) is 36.8 Å². The molecule has 0 aliphatic heterocycles. The van der Waals surface area contributed by atoms with Gasteiger partial charge in [-0.05, 0) is 44.4 Å². The fourth-order valence-electron chi connectivity index (χ4n) is 4.14. The lowest BCUT2D eigenvalue weighted by Gasteiger charge is -2.28. The van der Waals surface area contributed by atoms with Crippen LogP contribution < -0.4 is 10.1 Å². The molecular formula is C23H25FN4O3. The van der Waals surface area contributed by atoms with E-state index in [-0.39, 0.29) is 17.7 Å². The summed E-state index contributed by atoms with van der Waals surface area (Å²) in [5.41, 5.74) is 0.368. The molecule has 1 amide bonds. The molecule has 0 saturated heterocycles. The van der Waals surface area contributed by atoms with Gasteiger partial charge in [-0.15, -0.1) is 0 Å². The van der Waals surface area contributed by atoms with E-state index in [2.05, 4.69) is 26.3 Å². The van der Waals surface area contributed by atoms with Gasteiger partial charge in [0.1, 0.15) is 17.5 Å². The molecule has 1 fully saturated rings. The molecule has 8 heteroatoms. The van der Waals surface area contributed by atoms with Crippen LogP contribution >= 0.6 is 0 Å². The number of anilines is 1. The number of hydrogen-bond donors (Lipinski definition) is 1. The van der Waals surface area contributed by atoms with Crippen molar-refractivity contribution in [2.24, 2.45) is 17.3 Å². The molecule has 2 aromatic heterocycles. The predicted molar refractivity (Wildman–Crippen MR) is 113 cm³/mol. The molecule has 1 unspecified atom stereocenters. The Morgan fingerprint density at radius 3 is 2.84 bits per heavy atom. The summed E-state index contributed by atoms with van der Waals surface area (Å²) in [6, 6.07) is 2.72. The third-order valence-electron chi connectivity index (χ3n) is 6.01. The highest BCUT2D eigenvalue weighted by Crippen LogP contribution is 2.60. The molecule has 2 heterocycles.